The van der Waals surface area contributed by atoms with Gasteiger partial charge in [-0.1, -0.05) is 63.1 Å². The number of nitrogens with one attached hydrogen (secondary N) is 1. The number of rotatable bonds is 16. The number of unbranched alkanes of at least 4 members (excludes halogenated alkanes) is 1. The highest BCUT2D eigenvalue weighted by Gasteiger charge is 2.39. The third-order valence-electron chi connectivity index (χ3n) is 13.6. The van der Waals surface area contributed by atoms with Crippen molar-refractivity contribution in [2.45, 2.75) is 153 Å². The summed E-state index contributed by atoms with van der Waals surface area (Å²) < 4.78 is 71.0. The van der Waals surface area contributed by atoms with Crippen LogP contribution in [-0.2, 0) is 34.5 Å². The number of hydrogen-bond donors (Lipinski definition) is 2. The number of anilines is 2. The van der Waals surface area contributed by atoms with Crippen molar-refractivity contribution >= 4 is 23.1 Å². The van der Waals surface area contributed by atoms with E-state index < -0.39 is 34.8 Å². The van der Waals surface area contributed by atoms with Gasteiger partial charge in [0.05, 0.1) is 11.3 Å². The Labute approximate surface area is 324 Å². The van der Waals surface area contributed by atoms with Crippen molar-refractivity contribution < 1.29 is 31.5 Å². The molecule has 10 heteroatoms. The predicted octanol–water partition coefficient (Wildman–Crippen LogP) is 11.5. The number of para-hydroxylation sites is 1. The Morgan fingerprint density at radius 3 is 2.13 bits per heavy atom. The van der Waals surface area contributed by atoms with Gasteiger partial charge in [0.25, 0.3) is 5.92 Å². The first kappa shape index (κ1) is 41.6. The third kappa shape index (κ3) is 11.3. The van der Waals surface area contributed by atoms with Crippen LogP contribution in [0.4, 0.5) is 33.3 Å². The number of likely N-dealkylation sites (tertiary alicyclic amines) is 1. The van der Waals surface area contributed by atoms with Crippen LogP contribution in [0.1, 0.15) is 145 Å². The monoisotopic (exact) mass is 771 g/mol. The molecule has 6 rings (SSSR count). The number of fused-ring (bicyclic) bond motifs is 1. The number of nitrogens with two attached hydrogens (primary N) is 1. The van der Waals surface area contributed by atoms with Gasteiger partial charge in [0, 0.05) is 42.5 Å². The van der Waals surface area contributed by atoms with Crippen LogP contribution in [-0.4, -0.2) is 35.7 Å². The molecule has 2 saturated carbocycles. The number of amides is 1. The van der Waals surface area contributed by atoms with E-state index in [4.69, 9.17) is 5.73 Å². The van der Waals surface area contributed by atoms with E-state index in [0.29, 0.717) is 43.6 Å². The van der Waals surface area contributed by atoms with E-state index in [1.54, 1.807) is 0 Å². The SMILES string of the molecule is CC(F)(F)c1cc(C[C@@H](CCCCC2CCC(CCC3Cc4ccccc4NC3=O)CC2)C(=O)CCC2CCC(N3CCCC3)CC2)cc(C(F)(F)F)c1N. The molecule has 1 amide bonds. The molecule has 2 aromatic carbocycles. The minimum Gasteiger partial charge on any atom is -0.398 e. The minimum atomic E-state index is -4.89. The Kier molecular flexibility index (Phi) is 14.0. The molecule has 1 saturated heterocycles. The highest BCUT2D eigenvalue weighted by atomic mass is 19.4. The van der Waals surface area contributed by atoms with E-state index in [9.17, 15) is 31.5 Å². The van der Waals surface area contributed by atoms with Crippen LogP contribution in [0.5, 0.6) is 0 Å². The van der Waals surface area contributed by atoms with Gasteiger partial charge in [-0.15, -0.1) is 0 Å². The molecule has 0 spiro atoms. The quantitative estimate of drug-likeness (QED) is 0.101. The lowest BCUT2D eigenvalue weighted by atomic mass is 9.76. The zero-order valence-corrected chi connectivity index (χ0v) is 32.7. The second kappa shape index (κ2) is 18.5. The number of carbonyl (C=O) groups excluding carboxylic acids is 2. The summed E-state index contributed by atoms with van der Waals surface area (Å²) in [6.45, 7) is 2.93. The second-order valence-electron chi connectivity index (χ2n) is 17.6. The molecule has 2 aromatic rings. The van der Waals surface area contributed by atoms with Gasteiger partial charge in [0.1, 0.15) is 5.78 Å². The molecule has 2 aliphatic heterocycles. The molecule has 304 valence electrons. The Balaban J connectivity index is 1.00. The summed E-state index contributed by atoms with van der Waals surface area (Å²) in [6.07, 6.45) is 13.9. The summed E-state index contributed by atoms with van der Waals surface area (Å²) in [5, 5.41) is 3.07. The maximum Gasteiger partial charge on any atom is 0.418 e. The Bertz CT molecular complexity index is 1550. The molecule has 0 aromatic heterocycles. The van der Waals surface area contributed by atoms with Gasteiger partial charge in [0.2, 0.25) is 5.91 Å². The molecule has 0 radical (unpaired) electrons. The first-order valence-corrected chi connectivity index (χ1v) is 21.3. The average molecular weight is 772 g/mol. The van der Waals surface area contributed by atoms with E-state index in [-0.39, 0.29) is 29.6 Å². The van der Waals surface area contributed by atoms with Gasteiger partial charge < -0.3 is 16.0 Å². The van der Waals surface area contributed by atoms with Crippen LogP contribution >= 0.6 is 0 Å². The maximum atomic E-state index is 14.5. The Morgan fingerprint density at radius 1 is 0.836 bits per heavy atom. The van der Waals surface area contributed by atoms with Crippen LogP contribution in [0.2, 0.25) is 0 Å². The van der Waals surface area contributed by atoms with E-state index in [1.807, 2.05) is 18.2 Å². The first-order valence-electron chi connectivity index (χ1n) is 21.3. The van der Waals surface area contributed by atoms with E-state index in [0.717, 1.165) is 114 Å². The highest BCUT2D eigenvalue weighted by Crippen LogP contribution is 2.42. The summed E-state index contributed by atoms with van der Waals surface area (Å²) >= 11 is 0. The molecular formula is C45H62F5N3O2. The van der Waals surface area contributed by atoms with E-state index >= 15 is 0 Å². The Morgan fingerprint density at radius 2 is 1.45 bits per heavy atom. The van der Waals surface area contributed by atoms with Crippen LogP contribution in [0.15, 0.2) is 36.4 Å². The molecule has 55 heavy (non-hydrogen) atoms. The van der Waals surface area contributed by atoms with Crippen molar-refractivity contribution in [2.75, 3.05) is 24.1 Å². The maximum absolute atomic E-state index is 14.5. The number of nitrogens with zero attached hydrogens (tertiary/aromatic N) is 1. The fourth-order valence-electron chi connectivity index (χ4n) is 10.3. The Hall–Kier alpha value is -3.01. The van der Waals surface area contributed by atoms with E-state index in [1.165, 1.54) is 31.5 Å². The van der Waals surface area contributed by atoms with Crippen LogP contribution in [0.25, 0.3) is 0 Å². The van der Waals surface area contributed by atoms with Crippen LogP contribution in [0, 0.1) is 29.6 Å². The van der Waals surface area contributed by atoms with Crippen molar-refractivity contribution in [3.63, 3.8) is 0 Å². The molecule has 2 atom stereocenters. The smallest absolute Gasteiger partial charge is 0.398 e. The molecular weight excluding hydrogens is 710 g/mol. The summed E-state index contributed by atoms with van der Waals surface area (Å²) in [5.74, 6) is -2.19. The van der Waals surface area contributed by atoms with Gasteiger partial charge in [-0.25, -0.2) is 8.78 Å². The molecule has 2 aliphatic carbocycles. The largest absolute Gasteiger partial charge is 0.418 e. The molecule has 5 nitrogen and oxygen atoms in total. The minimum absolute atomic E-state index is 0.00266. The highest BCUT2D eigenvalue weighted by molar-refractivity contribution is 5.95. The molecule has 4 aliphatic rings. The number of nitrogen functional groups attached to an aromatic ring is 1. The first-order chi connectivity index (χ1) is 26.2. The lowest BCUT2D eigenvalue weighted by Crippen LogP contribution is -2.36. The van der Waals surface area contributed by atoms with Crippen LogP contribution < -0.4 is 11.1 Å². The lowest BCUT2D eigenvalue weighted by Gasteiger charge is -2.34. The van der Waals surface area contributed by atoms with Crippen molar-refractivity contribution in [1.29, 1.82) is 0 Å². The van der Waals surface area contributed by atoms with Crippen molar-refractivity contribution in [2.24, 2.45) is 29.6 Å². The van der Waals surface area contributed by atoms with Crippen molar-refractivity contribution in [1.82, 2.24) is 4.90 Å². The van der Waals surface area contributed by atoms with Gasteiger partial charge in [-0.05, 0) is 137 Å². The lowest BCUT2D eigenvalue weighted by molar-refractivity contribution is -0.137. The van der Waals surface area contributed by atoms with E-state index in [2.05, 4.69) is 16.3 Å². The topological polar surface area (TPSA) is 75.4 Å². The standard InChI is InChI=1S/C45H62F5N3O2/c1-44(46,47)38-27-33(28-39(42(38)51)45(48,49)50)26-35(41(54)23-19-32-17-21-37(22-18-32)53-24-6-7-25-53)10-3-2-8-30-12-14-31(15-13-30)16-20-36-29-34-9-4-5-11-40(34)52-43(36)55/h4-5,9,11,27-28,30-32,35-37H,2-3,6-8,10,12-26,29,51H2,1H3,(H,52,55)/t30?,31?,32?,35-,36?,37?/m1/s1. The van der Waals surface area contributed by atoms with Gasteiger partial charge in [0.15, 0.2) is 0 Å². The fourth-order valence-corrected chi connectivity index (χ4v) is 10.3. The predicted molar refractivity (Wildman–Crippen MR) is 209 cm³/mol. The average Bonchev–Trinajstić information content (AvgIpc) is 3.70. The van der Waals surface area contributed by atoms with Crippen molar-refractivity contribution in [3.8, 4) is 0 Å². The number of ketones is 1. The van der Waals surface area contributed by atoms with Gasteiger partial charge >= 0.3 is 6.18 Å². The van der Waals surface area contributed by atoms with Crippen molar-refractivity contribution in [3.05, 3.63) is 58.7 Å². The number of carbonyl (C=O) groups is 2. The van der Waals surface area contributed by atoms with Gasteiger partial charge in [-0.2, -0.15) is 13.2 Å². The second-order valence-corrected chi connectivity index (χ2v) is 17.6. The number of benzene rings is 2. The van der Waals surface area contributed by atoms with Crippen LogP contribution in [0.3, 0.4) is 0 Å². The molecule has 3 fully saturated rings. The van der Waals surface area contributed by atoms with Gasteiger partial charge in [-0.3, -0.25) is 9.59 Å². The fraction of sp³-hybridized carbons (Fsp3) is 0.689. The number of halogens is 5. The summed E-state index contributed by atoms with van der Waals surface area (Å²) in [6, 6.07) is 10.6. The number of Topliss-reactive ketones (excluding diaryl/α,β-unsaturated/α-hetero) is 1. The zero-order chi connectivity index (χ0) is 39.2. The number of alkyl halides is 5. The third-order valence-corrected chi connectivity index (χ3v) is 13.6. The normalized spacial score (nSPS) is 25.7. The molecule has 2 heterocycles. The molecule has 0 bridgehead atoms. The summed E-state index contributed by atoms with van der Waals surface area (Å²) in [7, 11) is 0. The zero-order valence-electron chi connectivity index (χ0n) is 32.7. The summed E-state index contributed by atoms with van der Waals surface area (Å²) in [4.78, 5) is 29.2. The number of hydrogen-bond acceptors (Lipinski definition) is 4. The molecule has 3 N–H and O–H groups in total. The molecule has 1 unspecified atom stereocenters. The summed E-state index contributed by atoms with van der Waals surface area (Å²) in [5.41, 5.74) is 4.85.